The number of nitrogens with zero attached hydrogens (tertiary/aromatic N) is 1. The van der Waals surface area contributed by atoms with Gasteiger partial charge in [-0.2, -0.15) is 0 Å². The minimum absolute atomic E-state index is 0.0708. The van der Waals surface area contributed by atoms with Crippen molar-refractivity contribution in [1.82, 2.24) is 9.62 Å². The molecule has 0 aromatic heterocycles. The summed E-state index contributed by atoms with van der Waals surface area (Å²) >= 11 is 0. The van der Waals surface area contributed by atoms with Crippen molar-refractivity contribution < 1.29 is 17.9 Å². The summed E-state index contributed by atoms with van der Waals surface area (Å²) in [5, 5.41) is 0. The number of hydrogen-bond donors (Lipinski definition) is 1. The van der Waals surface area contributed by atoms with Crippen molar-refractivity contribution in [3.8, 4) is 0 Å². The van der Waals surface area contributed by atoms with Gasteiger partial charge in [0.25, 0.3) is 5.91 Å². The standard InChI is InChI=1S/C11H22N2O4S/c1-9(17-2)11(14)13-7-5-4-6-10(13)8-12-18(3,15)16/h9-10,12H,4-8H2,1-3H3. The number of piperidine rings is 1. The molecule has 106 valence electrons. The molecule has 0 bridgehead atoms. The SMILES string of the molecule is COC(C)C(=O)N1CCCCC1CNS(C)(=O)=O. The van der Waals surface area contributed by atoms with Crippen LogP contribution in [0.5, 0.6) is 0 Å². The summed E-state index contributed by atoms with van der Waals surface area (Å²) in [6.07, 6.45) is 3.44. The van der Waals surface area contributed by atoms with Crippen LogP contribution in [0, 0.1) is 0 Å². The smallest absolute Gasteiger partial charge is 0.251 e. The van der Waals surface area contributed by atoms with Gasteiger partial charge in [0.15, 0.2) is 0 Å². The van der Waals surface area contributed by atoms with Gasteiger partial charge in [0, 0.05) is 26.2 Å². The predicted molar refractivity (Wildman–Crippen MR) is 68.7 cm³/mol. The second-order valence-electron chi connectivity index (χ2n) is 4.68. The van der Waals surface area contributed by atoms with Gasteiger partial charge < -0.3 is 9.64 Å². The molecule has 0 aliphatic carbocycles. The minimum atomic E-state index is -3.22. The molecule has 1 aliphatic heterocycles. The Morgan fingerprint density at radius 1 is 1.50 bits per heavy atom. The summed E-state index contributed by atoms with van der Waals surface area (Å²) in [4.78, 5) is 13.8. The number of amides is 1. The fourth-order valence-corrected chi connectivity index (χ4v) is 2.58. The summed E-state index contributed by atoms with van der Waals surface area (Å²) in [5.74, 6) is -0.0718. The molecule has 1 N–H and O–H groups in total. The first-order valence-corrected chi connectivity index (χ1v) is 8.02. The maximum atomic E-state index is 12.1. The molecule has 7 heteroatoms. The molecular weight excluding hydrogens is 256 g/mol. The van der Waals surface area contributed by atoms with Crippen molar-refractivity contribution in [3.05, 3.63) is 0 Å². The highest BCUT2D eigenvalue weighted by Gasteiger charge is 2.29. The molecule has 18 heavy (non-hydrogen) atoms. The van der Waals surface area contributed by atoms with Crippen molar-refractivity contribution in [3.63, 3.8) is 0 Å². The molecule has 0 saturated carbocycles. The topological polar surface area (TPSA) is 75.7 Å². The van der Waals surface area contributed by atoms with E-state index in [0.717, 1.165) is 25.5 Å². The molecule has 1 aliphatic rings. The monoisotopic (exact) mass is 278 g/mol. The average molecular weight is 278 g/mol. The van der Waals surface area contributed by atoms with Crippen LogP contribution in [-0.2, 0) is 19.6 Å². The summed E-state index contributed by atoms with van der Waals surface area (Å²) in [5.41, 5.74) is 0. The van der Waals surface area contributed by atoms with E-state index in [2.05, 4.69) is 4.72 Å². The van der Waals surface area contributed by atoms with Crippen LogP contribution in [0.25, 0.3) is 0 Å². The molecule has 0 radical (unpaired) electrons. The van der Waals surface area contributed by atoms with Crippen molar-refractivity contribution in [2.75, 3.05) is 26.5 Å². The molecule has 1 rings (SSSR count). The molecule has 1 fully saturated rings. The molecule has 6 nitrogen and oxygen atoms in total. The Balaban J connectivity index is 2.65. The molecular formula is C11H22N2O4S. The Bertz CT molecular complexity index is 383. The van der Waals surface area contributed by atoms with E-state index in [1.54, 1.807) is 11.8 Å². The number of carbonyl (C=O) groups is 1. The highest BCUT2D eigenvalue weighted by atomic mass is 32.2. The zero-order valence-electron chi connectivity index (χ0n) is 11.2. The fourth-order valence-electron chi connectivity index (χ4n) is 2.08. The van der Waals surface area contributed by atoms with Crippen molar-refractivity contribution in [2.24, 2.45) is 0 Å². The van der Waals surface area contributed by atoms with Crippen molar-refractivity contribution in [2.45, 2.75) is 38.3 Å². The second-order valence-corrected chi connectivity index (χ2v) is 6.51. The van der Waals surface area contributed by atoms with E-state index in [0.29, 0.717) is 6.54 Å². The second kappa shape index (κ2) is 6.49. The number of carbonyl (C=O) groups excluding carboxylic acids is 1. The number of ether oxygens (including phenoxy) is 1. The number of nitrogens with one attached hydrogen (secondary N) is 1. The molecule has 0 spiro atoms. The Kier molecular flexibility index (Phi) is 5.55. The average Bonchev–Trinajstić information content (AvgIpc) is 2.34. The van der Waals surface area contributed by atoms with Gasteiger partial charge in [-0.15, -0.1) is 0 Å². The fraction of sp³-hybridized carbons (Fsp3) is 0.909. The quantitative estimate of drug-likeness (QED) is 0.765. The third kappa shape index (κ3) is 4.55. The highest BCUT2D eigenvalue weighted by Crippen LogP contribution is 2.18. The first-order valence-electron chi connectivity index (χ1n) is 6.13. The van der Waals surface area contributed by atoms with Crippen molar-refractivity contribution in [1.29, 1.82) is 0 Å². The van der Waals surface area contributed by atoms with Gasteiger partial charge in [-0.3, -0.25) is 4.79 Å². The molecule has 0 aromatic rings. The van der Waals surface area contributed by atoms with Crippen LogP contribution >= 0.6 is 0 Å². The largest absolute Gasteiger partial charge is 0.372 e. The van der Waals surface area contributed by atoms with Crippen LogP contribution in [0.4, 0.5) is 0 Å². The van der Waals surface area contributed by atoms with Crippen LogP contribution in [0.3, 0.4) is 0 Å². The van der Waals surface area contributed by atoms with Crippen molar-refractivity contribution >= 4 is 15.9 Å². The molecule has 1 amide bonds. The van der Waals surface area contributed by atoms with Gasteiger partial charge in [0.05, 0.1) is 6.26 Å². The molecule has 2 unspecified atom stereocenters. The van der Waals surface area contributed by atoms with E-state index in [4.69, 9.17) is 4.74 Å². The van der Waals surface area contributed by atoms with E-state index in [1.165, 1.54) is 7.11 Å². The normalized spacial score (nSPS) is 22.8. The van der Waals surface area contributed by atoms with E-state index in [9.17, 15) is 13.2 Å². The maximum absolute atomic E-state index is 12.1. The number of sulfonamides is 1. The van der Waals surface area contributed by atoms with Gasteiger partial charge in [-0.1, -0.05) is 0 Å². The maximum Gasteiger partial charge on any atom is 0.251 e. The molecule has 0 aromatic carbocycles. The van der Waals surface area contributed by atoms with Crippen LogP contribution < -0.4 is 4.72 Å². The molecule has 2 atom stereocenters. The Morgan fingerprint density at radius 2 is 2.17 bits per heavy atom. The summed E-state index contributed by atoms with van der Waals surface area (Å²) < 4.78 is 29.7. The first-order chi connectivity index (χ1) is 8.35. The lowest BCUT2D eigenvalue weighted by Crippen LogP contribution is -2.52. The number of likely N-dealkylation sites (tertiary alicyclic amines) is 1. The number of hydrogen-bond acceptors (Lipinski definition) is 4. The Labute approximate surface area is 109 Å². The van der Waals surface area contributed by atoms with E-state index >= 15 is 0 Å². The van der Waals surface area contributed by atoms with E-state index in [-0.39, 0.29) is 18.5 Å². The van der Waals surface area contributed by atoms with Gasteiger partial charge in [0.2, 0.25) is 10.0 Å². The van der Waals surface area contributed by atoms with Gasteiger partial charge in [0.1, 0.15) is 6.10 Å². The van der Waals surface area contributed by atoms with Crippen LogP contribution in [0.2, 0.25) is 0 Å². The Hall–Kier alpha value is -0.660. The molecule has 1 saturated heterocycles. The zero-order chi connectivity index (χ0) is 13.8. The lowest BCUT2D eigenvalue weighted by molar-refractivity contribution is -0.144. The zero-order valence-corrected chi connectivity index (χ0v) is 12.0. The van der Waals surface area contributed by atoms with E-state index < -0.39 is 16.1 Å². The third-order valence-electron chi connectivity index (χ3n) is 3.19. The Morgan fingerprint density at radius 3 is 2.72 bits per heavy atom. The van der Waals surface area contributed by atoms with Gasteiger partial charge >= 0.3 is 0 Å². The van der Waals surface area contributed by atoms with Crippen LogP contribution in [0.1, 0.15) is 26.2 Å². The highest BCUT2D eigenvalue weighted by molar-refractivity contribution is 7.88. The lowest BCUT2D eigenvalue weighted by atomic mass is 10.0. The minimum Gasteiger partial charge on any atom is -0.372 e. The van der Waals surface area contributed by atoms with Crippen LogP contribution in [-0.4, -0.2) is 57.8 Å². The predicted octanol–water partition coefficient (Wildman–Crippen LogP) is -0.0484. The lowest BCUT2D eigenvalue weighted by Gasteiger charge is -2.37. The first kappa shape index (κ1) is 15.4. The summed E-state index contributed by atoms with van der Waals surface area (Å²) in [6.45, 7) is 2.65. The van der Waals surface area contributed by atoms with Gasteiger partial charge in [-0.05, 0) is 26.2 Å². The molecule has 1 heterocycles. The third-order valence-corrected chi connectivity index (χ3v) is 3.88. The number of rotatable bonds is 5. The summed E-state index contributed by atoms with van der Waals surface area (Å²) in [6, 6.07) is -0.0708. The van der Waals surface area contributed by atoms with Crippen LogP contribution in [0.15, 0.2) is 0 Å². The summed E-state index contributed by atoms with van der Waals surface area (Å²) in [7, 11) is -1.72. The van der Waals surface area contributed by atoms with E-state index in [1.807, 2.05) is 0 Å². The number of methoxy groups -OCH3 is 1. The van der Waals surface area contributed by atoms with Gasteiger partial charge in [-0.25, -0.2) is 13.1 Å².